The van der Waals surface area contributed by atoms with E-state index in [4.69, 9.17) is 4.74 Å². The van der Waals surface area contributed by atoms with E-state index in [1.807, 2.05) is 0 Å². The van der Waals surface area contributed by atoms with Gasteiger partial charge in [0, 0.05) is 0 Å². The number of hydrogen-bond donors (Lipinski definition) is 1. The summed E-state index contributed by atoms with van der Waals surface area (Å²) in [6, 6.07) is 9.00. The van der Waals surface area contributed by atoms with E-state index >= 15 is 0 Å². The molecule has 1 aromatic rings. The molecule has 1 atom stereocenters. The number of rotatable bonds is 11. The lowest BCUT2D eigenvalue weighted by Crippen LogP contribution is -2.17. The van der Waals surface area contributed by atoms with Gasteiger partial charge in [0.1, 0.15) is 5.60 Å². The molecule has 0 bridgehead atoms. The number of unbranched alkanes of at least 4 members (excludes halogenated alkanes) is 5. The highest BCUT2D eigenvalue weighted by Crippen LogP contribution is 2.31. The van der Waals surface area contributed by atoms with Crippen LogP contribution in [0.15, 0.2) is 24.3 Å². The minimum atomic E-state index is -0.211. The minimum Gasteiger partial charge on any atom is -0.393 e. The molecule has 0 aromatic heterocycles. The lowest BCUT2D eigenvalue weighted by atomic mass is 9.99. The van der Waals surface area contributed by atoms with Crippen LogP contribution >= 0.6 is 0 Å². The van der Waals surface area contributed by atoms with E-state index in [1.54, 1.807) is 0 Å². The molecule has 0 saturated carbocycles. The van der Waals surface area contributed by atoms with Gasteiger partial charge < -0.3 is 9.84 Å². The lowest BCUT2D eigenvalue weighted by Gasteiger charge is -2.08. The number of aliphatic hydroxyl groups excluding tert-OH is 1. The Morgan fingerprint density at radius 1 is 0.952 bits per heavy atom. The first-order valence-corrected chi connectivity index (χ1v) is 8.61. The second kappa shape index (κ2) is 8.55. The fourth-order valence-corrected chi connectivity index (χ4v) is 2.77. The molecule has 1 aromatic carbocycles. The van der Waals surface area contributed by atoms with Crippen molar-refractivity contribution in [2.24, 2.45) is 0 Å². The third kappa shape index (κ3) is 5.80. The molecule has 1 saturated heterocycles. The van der Waals surface area contributed by atoms with Crippen molar-refractivity contribution in [2.45, 2.75) is 70.3 Å². The van der Waals surface area contributed by atoms with Gasteiger partial charge in [-0.05, 0) is 36.8 Å². The predicted octanol–water partition coefficient (Wildman–Crippen LogP) is 4.28. The summed E-state index contributed by atoms with van der Waals surface area (Å²) in [5.41, 5.74) is 2.59. The molecule has 1 aliphatic heterocycles. The molecule has 118 valence electrons. The lowest BCUT2D eigenvalue weighted by molar-refractivity contribution is 0.164. The summed E-state index contributed by atoms with van der Waals surface area (Å²) < 4.78 is 5.33. The Morgan fingerprint density at radius 3 is 2.10 bits per heavy atom. The molecule has 0 unspecified atom stereocenters. The second-order valence-electron chi connectivity index (χ2n) is 6.46. The van der Waals surface area contributed by atoms with Gasteiger partial charge in [0.2, 0.25) is 0 Å². The van der Waals surface area contributed by atoms with Crippen LogP contribution in [0.2, 0.25) is 0 Å². The highest BCUT2D eigenvalue weighted by Gasteiger charge is 2.43. The molecule has 2 heteroatoms. The van der Waals surface area contributed by atoms with Crippen molar-refractivity contribution in [1.82, 2.24) is 0 Å². The van der Waals surface area contributed by atoms with Gasteiger partial charge in [-0.15, -0.1) is 0 Å². The largest absolute Gasteiger partial charge is 0.393 e. The summed E-state index contributed by atoms with van der Waals surface area (Å²) in [6.07, 6.45) is 11.3. The van der Waals surface area contributed by atoms with Crippen LogP contribution in [0.1, 0.15) is 63.0 Å². The molecule has 0 aliphatic carbocycles. The number of aliphatic hydroxyl groups is 1. The quantitative estimate of drug-likeness (QED) is 0.487. The summed E-state index contributed by atoms with van der Waals surface area (Å²) in [5.74, 6) is 0. The summed E-state index contributed by atoms with van der Waals surface area (Å²) in [6.45, 7) is 3.14. The van der Waals surface area contributed by atoms with Crippen molar-refractivity contribution in [3.05, 3.63) is 35.4 Å². The van der Waals surface area contributed by atoms with E-state index < -0.39 is 0 Å². The van der Waals surface area contributed by atoms with Gasteiger partial charge in [0.15, 0.2) is 0 Å². The molecule has 0 amide bonds. The zero-order chi connectivity index (χ0) is 15.0. The normalized spacial score (nSPS) is 20.7. The molecule has 0 radical (unpaired) electrons. The number of aryl methyl sites for hydroxylation is 2. The van der Waals surface area contributed by atoms with Crippen molar-refractivity contribution < 1.29 is 9.84 Å². The Balaban J connectivity index is 1.62. The van der Waals surface area contributed by atoms with Gasteiger partial charge in [-0.1, -0.05) is 63.3 Å². The smallest absolute Gasteiger partial charge is 0.115 e. The highest BCUT2D eigenvalue weighted by molar-refractivity contribution is 5.23. The van der Waals surface area contributed by atoms with E-state index in [0.29, 0.717) is 0 Å². The maximum absolute atomic E-state index is 9.23. The Labute approximate surface area is 129 Å². The molecule has 2 rings (SSSR count). The monoisotopic (exact) mass is 290 g/mol. The molecule has 2 nitrogen and oxygen atoms in total. The van der Waals surface area contributed by atoms with E-state index in [1.165, 1.54) is 56.1 Å². The molecular formula is C19H30O2. The van der Waals surface area contributed by atoms with Crippen LogP contribution in [0.25, 0.3) is 0 Å². The molecule has 1 aliphatic rings. The predicted molar refractivity (Wildman–Crippen MR) is 87.6 cm³/mol. The van der Waals surface area contributed by atoms with Gasteiger partial charge in [-0.2, -0.15) is 0 Å². The van der Waals surface area contributed by atoms with Crippen molar-refractivity contribution >= 4 is 0 Å². The number of hydrogen-bond acceptors (Lipinski definition) is 2. The fraction of sp³-hybridized carbons (Fsp3) is 0.684. The van der Waals surface area contributed by atoms with E-state index in [9.17, 15) is 5.11 Å². The van der Waals surface area contributed by atoms with E-state index in [2.05, 4.69) is 31.2 Å². The minimum absolute atomic E-state index is 0.156. The van der Waals surface area contributed by atoms with Crippen molar-refractivity contribution in [3.63, 3.8) is 0 Å². The number of ether oxygens (including phenoxy) is 1. The van der Waals surface area contributed by atoms with Gasteiger partial charge in [0.25, 0.3) is 0 Å². The zero-order valence-corrected chi connectivity index (χ0v) is 13.4. The van der Waals surface area contributed by atoms with Crippen LogP contribution < -0.4 is 0 Å². The molecule has 1 heterocycles. The summed E-state index contributed by atoms with van der Waals surface area (Å²) in [7, 11) is 0. The zero-order valence-electron chi connectivity index (χ0n) is 13.4. The van der Waals surface area contributed by atoms with Gasteiger partial charge in [0.05, 0.1) is 13.2 Å². The first-order chi connectivity index (χ1) is 10.3. The van der Waals surface area contributed by atoms with Crippen molar-refractivity contribution in [3.8, 4) is 0 Å². The number of epoxide rings is 1. The Morgan fingerprint density at radius 2 is 1.52 bits per heavy atom. The SMILES string of the molecule is CCCCCCCCc1ccc(CC[C@]2(CO)CO2)cc1. The second-order valence-corrected chi connectivity index (χ2v) is 6.46. The molecule has 1 N–H and O–H groups in total. The molecule has 21 heavy (non-hydrogen) atoms. The van der Waals surface area contributed by atoms with E-state index in [0.717, 1.165) is 19.4 Å². The first-order valence-electron chi connectivity index (χ1n) is 8.61. The first kappa shape index (κ1) is 16.5. The average molecular weight is 290 g/mol. The van der Waals surface area contributed by atoms with Gasteiger partial charge in [-0.25, -0.2) is 0 Å². The Kier molecular flexibility index (Phi) is 6.72. The molecule has 1 fully saturated rings. The molecular weight excluding hydrogens is 260 g/mol. The number of benzene rings is 1. The van der Waals surface area contributed by atoms with Crippen LogP contribution in [0.3, 0.4) is 0 Å². The summed E-state index contributed by atoms with van der Waals surface area (Å²) >= 11 is 0. The van der Waals surface area contributed by atoms with Crippen LogP contribution in [0.5, 0.6) is 0 Å². The summed E-state index contributed by atoms with van der Waals surface area (Å²) in [5, 5.41) is 9.23. The third-order valence-electron chi connectivity index (χ3n) is 4.55. The van der Waals surface area contributed by atoms with E-state index in [-0.39, 0.29) is 12.2 Å². The maximum atomic E-state index is 9.23. The third-order valence-corrected chi connectivity index (χ3v) is 4.55. The van der Waals surface area contributed by atoms with Gasteiger partial charge in [-0.3, -0.25) is 0 Å². The highest BCUT2D eigenvalue weighted by atomic mass is 16.6. The molecule has 0 spiro atoms. The standard InChI is InChI=1S/C19H30O2/c1-2-3-4-5-6-7-8-17-9-11-18(12-10-17)13-14-19(15-20)16-21-19/h9-12,20H,2-8,13-16H2,1H3/t19-/m0/s1. The fourth-order valence-electron chi connectivity index (χ4n) is 2.77. The van der Waals surface area contributed by atoms with Crippen LogP contribution in [0, 0.1) is 0 Å². The summed E-state index contributed by atoms with van der Waals surface area (Å²) in [4.78, 5) is 0. The topological polar surface area (TPSA) is 32.8 Å². The maximum Gasteiger partial charge on any atom is 0.115 e. The van der Waals surface area contributed by atoms with Crippen molar-refractivity contribution in [1.29, 1.82) is 0 Å². The van der Waals surface area contributed by atoms with Crippen molar-refractivity contribution in [2.75, 3.05) is 13.2 Å². The Hall–Kier alpha value is -0.860. The van der Waals surface area contributed by atoms with Crippen LogP contribution in [-0.2, 0) is 17.6 Å². The van der Waals surface area contributed by atoms with Gasteiger partial charge >= 0.3 is 0 Å². The van der Waals surface area contributed by atoms with Crippen LogP contribution in [0.4, 0.5) is 0 Å². The average Bonchev–Trinajstić information content (AvgIpc) is 3.30. The Bertz CT molecular complexity index is 393. The van der Waals surface area contributed by atoms with Crippen LogP contribution in [-0.4, -0.2) is 23.9 Å².